The second-order valence-electron chi connectivity index (χ2n) is 2.63. The van der Waals surface area contributed by atoms with Gasteiger partial charge in [0, 0.05) is 0 Å². The number of carbonyl (C=O) groups excluding carboxylic acids is 1. The van der Waals surface area contributed by atoms with E-state index in [2.05, 4.69) is 4.74 Å². The molecular formula is C10H7O2. The van der Waals surface area contributed by atoms with Gasteiger partial charge in [-0.3, -0.25) is 0 Å². The van der Waals surface area contributed by atoms with Crippen molar-refractivity contribution in [1.29, 1.82) is 0 Å². The van der Waals surface area contributed by atoms with Gasteiger partial charge in [-0.05, 0) is 16.7 Å². The highest BCUT2D eigenvalue weighted by atomic mass is 16.5. The standard InChI is InChI=1S/C10H7O2/c11-7-12-6-9-5-4-8-2-1-3-10(8)9/h1-5H,6H2. The van der Waals surface area contributed by atoms with Crippen LogP contribution in [0, 0.1) is 0 Å². The molecule has 12 heavy (non-hydrogen) atoms. The molecule has 0 aromatic carbocycles. The summed E-state index contributed by atoms with van der Waals surface area (Å²) in [5.74, 6) is 0. The zero-order valence-corrected chi connectivity index (χ0v) is 6.41. The van der Waals surface area contributed by atoms with Crippen molar-refractivity contribution in [1.82, 2.24) is 0 Å². The van der Waals surface area contributed by atoms with E-state index in [-0.39, 0.29) is 0 Å². The van der Waals surface area contributed by atoms with Crippen LogP contribution in [0.2, 0.25) is 0 Å². The second kappa shape index (κ2) is 2.81. The summed E-state index contributed by atoms with van der Waals surface area (Å²) in [7, 11) is 0. The molecule has 0 unspecified atom stereocenters. The maximum absolute atomic E-state index is 9.83. The van der Waals surface area contributed by atoms with Crippen LogP contribution in [0.4, 0.5) is 0 Å². The van der Waals surface area contributed by atoms with Crippen molar-refractivity contribution in [2.24, 2.45) is 0 Å². The quantitative estimate of drug-likeness (QED) is 0.622. The monoisotopic (exact) mass is 159 g/mol. The number of ether oxygens (including phenoxy) is 1. The molecule has 2 aliphatic carbocycles. The largest absolute Gasteiger partial charge is 0.452 e. The first-order valence-electron chi connectivity index (χ1n) is 3.71. The lowest BCUT2D eigenvalue weighted by atomic mass is 10.1. The molecule has 0 atom stereocenters. The smallest absolute Gasteiger partial charge is 0.417 e. The molecule has 2 heteroatoms. The minimum atomic E-state index is 0.316. The van der Waals surface area contributed by atoms with Gasteiger partial charge in [-0.15, -0.1) is 0 Å². The number of hydrogen-bond donors (Lipinski definition) is 0. The van der Waals surface area contributed by atoms with Crippen LogP contribution in [0.15, 0.2) is 47.1 Å². The molecule has 0 aromatic rings. The highest BCUT2D eigenvalue weighted by molar-refractivity contribution is 5.64. The van der Waals surface area contributed by atoms with Crippen LogP contribution in [0.3, 0.4) is 0 Å². The minimum absolute atomic E-state index is 0.316. The van der Waals surface area contributed by atoms with Gasteiger partial charge in [0.05, 0.1) is 0 Å². The Balaban J connectivity index is 2.09. The normalized spacial score (nSPS) is 18.2. The predicted octanol–water partition coefficient (Wildman–Crippen LogP) is 1.43. The van der Waals surface area contributed by atoms with Crippen LogP contribution >= 0.6 is 0 Å². The molecule has 59 valence electrons. The Morgan fingerprint density at radius 2 is 2.25 bits per heavy atom. The zero-order valence-electron chi connectivity index (χ0n) is 6.41. The van der Waals surface area contributed by atoms with Crippen LogP contribution < -0.4 is 0 Å². The van der Waals surface area contributed by atoms with Crippen molar-refractivity contribution in [2.45, 2.75) is 0 Å². The first kappa shape index (κ1) is 7.10. The Morgan fingerprint density at radius 3 is 3.08 bits per heavy atom. The highest BCUT2D eigenvalue weighted by Gasteiger charge is 2.15. The summed E-state index contributed by atoms with van der Waals surface area (Å²) in [6, 6.07) is 0. The Bertz CT molecular complexity index is 330. The van der Waals surface area contributed by atoms with Crippen LogP contribution in [-0.2, 0) is 9.53 Å². The molecule has 0 N–H and O–H groups in total. The van der Waals surface area contributed by atoms with Crippen molar-refractivity contribution in [2.75, 3.05) is 6.61 Å². The summed E-state index contributed by atoms with van der Waals surface area (Å²) in [6.07, 6.45) is 10.0. The SMILES string of the molecule is O=[C]OCC1=CC=C2C=CC=C21. The van der Waals surface area contributed by atoms with E-state index >= 15 is 0 Å². The molecule has 2 aliphatic rings. The van der Waals surface area contributed by atoms with Gasteiger partial charge >= 0.3 is 6.47 Å². The topological polar surface area (TPSA) is 26.3 Å². The van der Waals surface area contributed by atoms with Crippen molar-refractivity contribution < 1.29 is 9.53 Å². The van der Waals surface area contributed by atoms with Crippen LogP contribution in [0.25, 0.3) is 0 Å². The Morgan fingerprint density at radius 1 is 1.33 bits per heavy atom. The average Bonchev–Trinajstić information content (AvgIpc) is 2.62. The molecule has 1 radical (unpaired) electrons. The van der Waals surface area contributed by atoms with E-state index in [0.29, 0.717) is 6.61 Å². The lowest BCUT2D eigenvalue weighted by Crippen LogP contribution is -1.96. The molecule has 0 amide bonds. The Hall–Kier alpha value is -1.57. The zero-order chi connectivity index (χ0) is 8.39. The van der Waals surface area contributed by atoms with Crippen LogP contribution in [0.1, 0.15) is 0 Å². The van der Waals surface area contributed by atoms with Gasteiger partial charge in [0.15, 0.2) is 0 Å². The third-order valence-electron chi connectivity index (χ3n) is 1.95. The van der Waals surface area contributed by atoms with Gasteiger partial charge in [0.25, 0.3) is 0 Å². The summed E-state index contributed by atoms with van der Waals surface area (Å²) in [6.45, 7) is 1.73. The fraction of sp³-hybridized carbons (Fsp3) is 0.100. The van der Waals surface area contributed by atoms with Crippen molar-refractivity contribution in [3.63, 3.8) is 0 Å². The number of allylic oxidation sites excluding steroid dienone is 6. The lowest BCUT2D eigenvalue weighted by Gasteiger charge is -2.02. The van der Waals surface area contributed by atoms with Crippen molar-refractivity contribution in [3.05, 3.63) is 47.1 Å². The fourth-order valence-electron chi connectivity index (χ4n) is 1.39. The summed E-state index contributed by atoms with van der Waals surface area (Å²) in [5, 5.41) is 0. The van der Waals surface area contributed by atoms with E-state index in [1.165, 1.54) is 12.0 Å². The van der Waals surface area contributed by atoms with E-state index in [0.717, 1.165) is 11.1 Å². The molecule has 0 aromatic heterocycles. The van der Waals surface area contributed by atoms with Gasteiger partial charge in [-0.1, -0.05) is 30.4 Å². The van der Waals surface area contributed by atoms with Crippen LogP contribution in [0.5, 0.6) is 0 Å². The average molecular weight is 159 g/mol. The van der Waals surface area contributed by atoms with Gasteiger partial charge in [0.1, 0.15) is 6.61 Å². The highest BCUT2D eigenvalue weighted by Crippen LogP contribution is 2.30. The van der Waals surface area contributed by atoms with Gasteiger partial charge in [-0.2, -0.15) is 0 Å². The van der Waals surface area contributed by atoms with E-state index in [1.807, 2.05) is 30.4 Å². The second-order valence-corrected chi connectivity index (χ2v) is 2.63. The Kier molecular flexibility index (Phi) is 1.67. The van der Waals surface area contributed by atoms with Crippen molar-refractivity contribution >= 4 is 6.47 Å². The van der Waals surface area contributed by atoms with E-state index < -0.39 is 0 Å². The molecule has 0 spiro atoms. The van der Waals surface area contributed by atoms with Crippen LogP contribution in [-0.4, -0.2) is 13.1 Å². The molecule has 2 nitrogen and oxygen atoms in total. The van der Waals surface area contributed by atoms with Gasteiger partial charge < -0.3 is 4.74 Å². The van der Waals surface area contributed by atoms with Gasteiger partial charge in [0.2, 0.25) is 0 Å². The van der Waals surface area contributed by atoms with E-state index in [4.69, 9.17) is 0 Å². The summed E-state index contributed by atoms with van der Waals surface area (Å²) in [5.41, 5.74) is 3.39. The summed E-state index contributed by atoms with van der Waals surface area (Å²) < 4.78 is 4.55. The number of hydrogen-bond acceptors (Lipinski definition) is 2. The van der Waals surface area contributed by atoms with Gasteiger partial charge in [-0.25, -0.2) is 4.79 Å². The Labute approximate surface area is 70.5 Å². The summed E-state index contributed by atoms with van der Waals surface area (Å²) >= 11 is 0. The first-order valence-corrected chi connectivity index (χ1v) is 3.71. The number of rotatable bonds is 3. The molecule has 0 aliphatic heterocycles. The molecule has 0 saturated carbocycles. The first-order chi connectivity index (χ1) is 5.92. The van der Waals surface area contributed by atoms with E-state index in [1.54, 1.807) is 0 Å². The molecular weight excluding hydrogens is 152 g/mol. The molecule has 0 saturated heterocycles. The molecule has 0 fully saturated rings. The number of fused-ring (bicyclic) bond motifs is 1. The molecule has 2 rings (SSSR count). The van der Waals surface area contributed by atoms with E-state index in [9.17, 15) is 4.79 Å². The third-order valence-corrected chi connectivity index (χ3v) is 1.95. The molecule has 0 heterocycles. The van der Waals surface area contributed by atoms with Crippen molar-refractivity contribution in [3.8, 4) is 0 Å². The maximum Gasteiger partial charge on any atom is 0.417 e. The molecule has 0 bridgehead atoms. The maximum atomic E-state index is 9.83. The predicted molar refractivity (Wildman–Crippen MR) is 45.0 cm³/mol. The minimum Gasteiger partial charge on any atom is -0.452 e. The third kappa shape index (κ3) is 1.01. The summed E-state index contributed by atoms with van der Waals surface area (Å²) in [4.78, 5) is 9.83. The lowest BCUT2D eigenvalue weighted by molar-refractivity contribution is 0.308. The fourth-order valence-corrected chi connectivity index (χ4v) is 1.39.